The van der Waals surface area contributed by atoms with Crippen LogP contribution in [0.25, 0.3) is 0 Å². The number of allylic oxidation sites excluding steroid dienone is 1. The van der Waals surface area contributed by atoms with Crippen molar-refractivity contribution in [2.24, 2.45) is 0 Å². The van der Waals surface area contributed by atoms with Crippen molar-refractivity contribution in [3.05, 3.63) is 72.8 Å². The summed E-state index contributed by atoms with van der Waals surface area (Å²) in [4.78, 5) is 11.6. The molecule has 2 aromatic rings. The minimum Gasteiger partial charge on any atom is -0.459 e. The maximum atomic E-state index is 11.6. The van der Waals surface area contributed by atoms with E-state index in [2.05, 4.69) is 88.4 Å². The molecule has 0 aliphatic carbocycles. The lowest BCUT2D eigenvalue weighted by atomic mass is 10.0. The summed E-state index contributed by atoms with van der Waals surface area (Å²) >= 11 is 0. The Morgan fingerprint density at radius 2 is 1.55 bits per heavy atom. The molecule has 0 spiro atoms. The Bertz CT molecular complexity index is 777. The van der Waals surface area contributed by atoms with Gasteiger partial charge in [0.25, 0.3) is 8.32 Å². The summed E-state index contributed by atoms with van der Waals surface area (Å²) in [6.45, 7) is 8.93. The highest BCUT2D eigenvalue weighted by molar-refractivity contribution is 6.99. The van der Waals surface area contributed by atoms with Gasteiger partial charge in [0.15, 0.2) is 0 Å². The number of hydrogen-bond donors (Lipinski definition) is 0. The lowest BCUT2D eigenvalue weighted by Crippen LogP contribution is -2.69. The number of carbonyl (C=O) groups is 1. The second-order valence-corrected chi connectivity index (χ2v) is 12.9. The zero-order valence-corrected chi connectivity index (χ0v) is 18.9. The summed E-state index contributed by atoms with van der Waals surface area (Å²) in [5.41, 5.74) is 0. The van der Waals surface area contributed by atoms with Crippen LogP contribution in [0.2, 0.25) is 5.04 Å². The highest BCUT2D eigenvalue weighted by Crippen LogP contribution is 2.39. The summed E-state index contributed by atoms with van der Waals surface area (Å²) in [6, 6.07) is 21.2. The molecule has 29 heavy (non-hydrogen) atoms. The fraction of sp³-hybridized carbons (Fsp3) is 0.400. The van der Waals surface area contributed by atoms with Crippen molar-refractivity contribution >= 4 is 24.7 Å². The average Bonchev–Trinajstić information content (AvgIpc) is 2.69. The molecule has 0 N–H and O–H groups in total. The molecule has 1 heterocycles. The molecule has 1 fully saturated rings. The van der Waals surface area contributed by atoms with Gasteiger partial charge in [0.05, 0.1) is 12.5 Å². The van der Waals surface area contributed by atoms with E-state index in [1.54, 1.807) is 0 Å². The third kappa shape index (κ3) is 4.54. The van der Waals surface area contributed by atoms with Crippen LogP contribution in [0.4, 0.5) is 0 Å². The van der Waals surface area contributed by atoms with Gasteiger partial charge in [-0.15, -0.1) is 0 Å². The Morgan fingerprint density at radius 3 is 1.97 bits per heavy atom. The molecular weight excluding hydrogens is 376 g/mol. The number of hydrogen-bond acceptors (Lipinski definition) is 3. The molecule has 0 saturated carbocycles. The van der Waals surface area contributed by atoms with Crippen LogP contribution >= 0.6 is 0 Å². The van der Waals surface area contributed by atoms with Gasteiger partial charge in [0, 0.05) is 0 Å². The molecular formula is C25H32O3Si. The summed E-state index contributed by atoms with van der Waals surface area (Å²) in [5.74, 6) is -0.134. The minimum absolute atomic E-state index is 0.101. The average molecular weight is 409 g/mol. The SMILES string of the molecule is CC/C=C/C[C@@H](O[Si](c1ccccc1)(c1ccccc1)C(C)(C)C)[C@H]1CC(=O)O1. The summed E-state index contributed by atoms with van der Waals surface area (Å²) < 4.78 is 12.7. The topological polar surface area (TPSA) is 35.5 Å². The van der Waals surface area contributed by atoms with Crippen molar-refractivity contribution in [2.75, 3.05) is 0 Å². The molecule has 1 aliphatic heterocycles. The van der Waals surface area contributed by atoms with Crippen molar-refractivity contribution in [2.45, 2.75) is 64.2 Å². The third-order valence-electron chi connectivity index (χ3n) is 5.58. The molecule has 0 radical (unpaired) electrons. The molecule has 0 amide bonds. The number of benzene rings is 2. The zero-order chi connectivity index (χ0) is 20.9. The highest BCUT2D eigenvalue weighted by atomic mass is 28.4. The van der Waals surface area contributed by atoms with E-state index in [1.165, 1.54) is 10.4 Å². The second-order valence-electron chi connectivity index (χ2n) is 8.67. The van der Waals surface area contributed by atoms with E-state index in [1.807, 2.05) is 12.1 Å². The number of carbonyl (C=O) groups excluding carboxylic acids is 1. The maximum Gasteiger partial charge on any atom is 0.310 e. The summed E-state index contributed by atoms with van der Waals surface area (Å²) in [7, 11) is -2.66. The molecule has 0 unspecified atom stereocenters. The zero-order valence-electron chi connectivity index (χ0n) is 17.9. The van der Waals surface area contributed by atoms with E-state index in [4.69, 9.17) is 9.16 Å². The first-order valence-electron chi connectivity index (χ1n) is 10.5. The fourth-order valence-corrected chi connectivity index (χ4v) is 8.84. The van der Waals surface area contributed by atoms with E-state index in [9.17, 15) is 4.79 Å². The molecule has 0 aromatic heterocycles. The molecule has 1 saturated heterocycles. The van der Waals surface area contributed by atoms with Crippen LogP contribution in [0.3, 0.4) is 0 Å². The standard InChI is InChI=1S/C25H32O3Si/c1-5-6-9-18-22(23-19-24(26)27-23)28-29(25(2,3)4,20-14-10-7-11-15-20)21-16-12-8-13-17-21/h6-17,22-23H,5,18-19H2,1-4H3/b9-6+/t22-,23-/m1/s1. The smallest absolute Gasteiger partial charge is 0.310 e. The quantitative estimate of drug-likeness (QED) is 0.364. The largest absolute Gasteiger partial charge is 0.459 e. The molecule has 0 bridgehead atoms. The molecule has 1 aliphatic rings. The van der Waals surface area contributed by atoms with Gasteiger partial charge < -0.3 is 9.16 Å². The van der Waals surface area contributed by atoms with Crippen LogP contribution in [0, 0.1) is 0 Å². The maximum absolute atomic E-state index is 11.6. The van der Waals surface area contributed by atoms with E-state index < -0.39 is 8.32 Å². The van der Waals surface area contributed by atoms with Gasteiger partial charge in [-0.1, -0.05) is 101 Å². The number of cyclic esters (lactones) is 1. The fourth-order valence-electron chi connectivity index (χ4n) is 4.12. The van der Waals surface area contributed by atoms with Gasteiger partial charge in [-0.25, -0.2) is 0 Å². The van der Waals surface area contributed by atoms with Gasteiger partial charge in [-0.05, 0) is 28.3 Å². The minimum atomic E-state index is -2.66. The number of esters is 1. The second kappa shape index (κ2) is 9.10. The molecule has 4 heteroatoms. The van der Waals surface area contributed by atoms with Gasteiger partial charge >= 0.3 is 5.97 Å². The summed E-state index contributed by atoms with van der Waals surface area (Å²) in [6.07, 6.45) is 6.15. The Kier molecular flexibility index (Phi) is 6.76. The van der Waals surface area contributed by atoms with Crippen molar-refractivity contribution < 1.29 is 14.0 Å². The molecule has 3 nitrogen and oxygen atoms in total. The lowest BCUT2D eigenvalue weighted by molar-refractivity contribution is -0.178. The van der Waals surface area contributed by atoms with E-state index >= 15 is 0 Å². The highest BCUT2D eigenvalue weighted by Gasteiger charge is 2.53. The number of rotatable bonds is 8. The van der Waals surface area contributed by atoms with Gasteiger partial charge in [0.1, 0.15) is 6.10 Å². The van der Waals surface area contributed by atoms with E-state index in [-0.39, 0.29) is 23.2 Å². The lowest BCUT2D eigenvalue weighted by Gasteiger charge is -2.47. The van der Waals surface area contributed by atoms with E-state index in [0.717, 1.165) is 12.8 Å². The Labute approximate surface area is 175 Å². The van der Waals surface area contributed by atoms with Crippen LogP contribution in [-0.4, -0.2) is 26.5 Å². The number of ether oxygens (including phenoxy) is 1. The van der Waals surface area contributed by atoms with Crippen LogP contribution in [0.5, 0.6) is 0 Å². The normalized spacial score (nSPS) is 18.3. The molecule has 3 rings (SSSR count). The van der Waals surface area contributed by atoms with Crippen molar-refractivity contribution in [1.82, 2.24) is 0 Å². The Balaban J connectivity index is 2.10. The first-order valence-corrected chi connectivity index (χ1v) is 12.4. The Morgan fingerprint density at radius 1 is 1.03 bits per heavy atom. The van der Waals surface area contributed by atoms with Crippen LogP contribution in [0.15, 0.2) is 72.8 Å². The van der Waals surface area contributed by atoms with Gasteiger partial charge in [-0.3, -0.25) is 4.79 Å². The molecule has 2 aromatic carbocycles. The van der Waals surface area contributed by atoms with Gasteiger partial charge in [-0.2, -0.15) is 0 Å². The Hall–Kier alpha value is -2.17. The molecule has 2 atom stereocenters. The van der Waals surface area contributed by atoms with Gasteiger partial charge in [0.2, 0.25) is 0 Å². The van der Waals surface area contributed by atoms with Crippen LogP contribution in [-0.2, 0) is 14.0 Å². The van der Waals surface area contributed by atoms with E-state index in [0.29, 0.717) is 6.42 Å². The predicted octanol–water partition coefficient (Wildman–Crippen LogP) is 4.60. The predicted molar refractivity (Wildman–Crippen MR) is 121 cm³/mol. The third-order valence-corrected chi connectivity index (χ3v) is 10.6. The molecule has 154 valence electrons. The monoisotopic (exact) mass is 408 g/mol. The van der Waals surface area contributed by atoms with Crippen LogP contribution in [0.1, 0.15) is 47.0 Å². The van der Waals surface area contributed by atoms with Crippen LogP contribution < -0.4 is 10.4 Å². The van der Waals surface area contributed by atoms with Crippen molar-refractivity contribution in [3.8, 4) is 0 Å². The first kappa shape index (κ1) is 21.5. The summed E-state index contributed by atoms with van der Waals surface area (Å²) in [5, 5.41) is 2.39. The van der Waals surface area contributed by atoms with Crippen molar-refractivity contribution in [3.63, 3.8) is 0 Å². The van der Waals surface area contributed by atoms with Crippen molar-refractivity contribution in [1.29, 1.82) is 0 Å². The first-order chi connectivity index (χ1) is 13.9.